The summed E-state index contributed by atoms with van der Waals surface area (Å²) in [6, 6.07) is 67.9. The highest BCUT2D eigenvalue weighted by atomic mass is 15.5. The molecule has 24 rings (SSSR count). The fraction of sp³-hybridized carbons (Fsp3) is 0.626. The van der Waals surface area contributed by atoms with Crippen LogP contribution in [0.25, 0.3) is 5.70 Å². The van der Waals surface area contributed by atoms with Crippen LogP contribution in [0.3, 0.4) is 0 Å². The predicted octanol–water partition coefficient (Wildman–Crippen LogP) is 39.7. The van der Waals surface area contributed by atoms with Crippen molar-refractivity contribution < 1.29 is 1.37 Å². The molecule has 0 spiro atoms. The first kappa shape index (κ1) is 113. The van der Waals surface area contributed by atoms with Crippen molar-refractivity contribution in [2.45, 2.75) is 521 Å². The summed E-state index contributed by atoms with van der Waals surface area (Å²) in [6.07, 6.45) is 76.4. The molecule has 6 heterocycles. The number of hydrogen-bond donors (Lipinski definition) is 0. The zero-order chi connectivity index (χ0) is 99.8. The Morgan fingerprint density at radius 2 is 0.443 bits per heavy atom. The van der Waals surface area contributed by atoms with Crippen molar-refractivity contribution in [3.63, 3.8) is 0 Å². The number of nitrogens with zero attached hydrogens (tertiary/aromatic N) is 10. The number of anilines is 6. The molecule has 0 amide bonds. The van der Waals surface area contributed by atoms with Gasteiger partial charge in [0.1, 0.15) is 30.8 Å². The average Bonchev–Trinajstić information content (AvgIpc) is 1.52. The van der Waals surface area contributed by atoms with Gasteiger partial charge in [0.15, 0.2) is 0 Å². The van der Waals surface area contributed by atoms with Crippen LogP contribution >= 0.6 is 0 Å². The van der Waals surface area contributed by atoms with Crippen LogP contribution in [-0.2, 0) is 0 Å². The molecule has 0 saturated heterocycles. The van der Waals surface area contributed by atoms with Gasteiger partial charge in [-0.2, -0.15) is 0 Å². The van der Waals surface area contributed by atoms with Crippen LogP contribution < -0.4 is 29.4 Å². The Bertz CT molecular complexity index is 5570. The first-order chi connectivity index (χ1) is 71.0. The Labute approximate surface area is 913 Å². The second-order valence-corrected chi connectivity index (χ2v) is 48.4. The molecule has 149 heavy (non-hydrogen) atoms. The quantitative estimate of drug-likeness (QED) is 0.0879. The van der Waals surface area contributed by atoms with Gasteiger partial charge < -0.3 is 49.0 Å². The van der Waals surface area contributed by atoms with Gasteiger partial charge in [-0.15, -0.1) is 0 Å². The van der Waals surface area contributed by atoms with Gasteiger partial charge in [-0.25, -0.2) is 0 Å². The summed E-state index contributed by atoms with van der Waals surface area (Å²) in [5, 5.41) is 0. The first-order valence-electron chi connectivity index (χ1n) is 60.8. The molecule has 11 saturated carbocycles. The van der Waals surface area contributed by atoms with E-state index in [1.807, 2.05) is 0 Å². The third kappa shape index (κ3) is 23.9. The Hall–Kier alpha value is -8.76. The van der Waals surface area contributed by atoms with E-state index in [1.165, 1.54) is 448 Å². The monoisotopic (exact) mass is 2020 g/mol. The molecule has 11 fully saturated rings. The molecular formula is C139H208N10. The minimum atomic E-state index is -0.622. The largest absolute Gasteiger partial charge is 0.350 e. The van der Waals surface area contributed by atoms with Crippen molar-refractivity contribution in [2.75, 3.05) is 29.4 Å². The van der Waals surface area contributed by atoms with Gasteiger partial charge in [0, 0.05) is 129 Å². The number of allylic oxidation sites excluding steroid dienone is 9. The molecule has 10 nitrogen and oxygen atoms in total. The van der Waals surface area contributed by atoms with Crippen LogP contribution in [0.5, 0.6) is 0 Å². The fourth-order valence-electron chi connectivity index (χ4n) is 32.4. The summed E-state index contributed by atoms with van der Waals surface area (Å²) in [5.41, 5.74) is 33.0. The van der Waals surface area contributed by atoms with E-state index in [4.69, 9.17) is 0 Å². The molecule has 7 aromatic rings. The molecule has 6 aliphatic heterocycles. The topological polar surface area (TPSA) is 32.4 Å². The number of para-hydroxylation sites is 6. The minimum absolute atomic E-state index is 0. The Kier molecular flexibility index (Phi) is 40.4. The SMILES string of the molecule is C.C.C.C.C.CC1=C(C)N(C2CCCCC2)C(C2CCCCC2)N1c1ccccc1C.CC1=C(C2CCCC2)N(C2CCCCC2)C(C2CCCCC2)N1c1ccccc1C.CC1=C(C2CCCCC2)N(C2CCCCC2)C(C2CCCCC2)N1c1ccccc1C.CC1=C(c2ccccc2)N(C2CCCCC2)C(C2CCCCC2)N1c1ccccc1C.[2H]C1(C2CCCC2)C2=C(C)N(c3ccccc3C)C(C)N2c2ccccc21. The number of aryl methyl sites for hydroxylation is 5. The lowest BCUT2D eigenvalue weighted by molar-refractivity contribution is 0.0909. The lowest BCUT2D eigenvalue weighted by atomic mass is 9.82. The van der Waals surface area contributed by atoms with Gasteiger partial charge in [0.05, 0.1) is 5.70 Å². The van der Waals surface area contributed by atoms with Gasteiger partial charge in [-0.1, -0.05) is 376 Å². The lowest BCUT2D eigenvalue weighted by Crippen LogP contribution is -2.51. The van der Waals surface area contributed by atoms with Gasteiger partial charge in [-0.05, 0) is 329 Å². The molecule has 0 aromatic heterocycles. The second-order valence-electron chi connectivity index (χ2n) is 48.4. The third-order valence-electron chi connectivity index (χ3n) is 39.4. The summed E-state index contributed by atoms with van der Waals surface area (Å²) < 4.78 is 9.79. The smallest absolute Gasteiger partial charge is 0.109 e. The van der Waals surface area contributed by atoms with Crippen LogP contribution in [0.15, 0.2) is 227 Å². The van der Waals surface area contributed by atoms with Gasteiger partial charge >= 0.3 is 0 Å². The molecule has 10 heteroatoms. The maximum Gasteiger partial charge on any atom is 0.109 e. The highest BCUT2D eigenvalue weighted by Crippen LogP contribution is 2.60. The summed E-state index contributed by atoms with van der Waals surface area (Å²) in [5.74, 6) is 4.55. The molecule has 0 N–H and O–H groups in total. The molecule has 0 bridgehead atoms. The van der Waals surface area contributed by atoms with Crippen LogP contribution in [0.1, 0.15) is 472 Å². The van der Waals surface area contributed by atoms with Crippen LogP contribution in [-0.4, -0.2) is 74.6 Å². The molecule has 11 aliphatic carbocycles. The standard InChI is InChI=1S/C29H44N2.C29H38N2.C28H42N2.C24H28N2.C24H36N2.5CH4/c2*1-22-14-12-13-21-27(22)30-23(2)28(24-15-6-3-7-16-24)31(26-19-10-5-11-20-26)29(30)25-17-8-4-9-18-25;1-21-13-9-12-20-26(21)29-22(2)27(23-14-10-11-15-23)30(25-18-7-4-8-19-25)28(29)24-16-5-3-6-17-24;1-16-10-4-8-14-21(16)25-17(2)24-23(19-11-5-6-12-19)20-13-7-9-15-22(20)26(24)18(25)3;1-18-12-10-11-17-23(18)26-20(3)19(2)25(22-15-8-5-9-16-22)24(26)21-13-6-4-7-14-21;;;;;/h12-14,21,24-26,29H,3-11,15-20H2,1-2H3;3,6-7,12-16,21,25-26,29H,4-5,8-11,17-20H2,1-2H3;9,12-13,20,23-25,28H,3-8,10-11,14-19H2,1-2H3;4,7-10,13-15,18-19,23H,5-6,11-12H2,1-3H3;10-12,17,21-22,24H,4-9,13-16H2,1-3H3;5*1H4/i;;;23D;;;;;;. The van der Waals surface area contributed by atoms with Crippen LogP contribution in [0.2, 0.25) is 0 Å². The van der Waals surface area contributed by atoms with E-state index in [1.54, 1.807) is 22.8 Å². The summed E-state index contributed by atoms with van der Waals surface area (Å²) >= 11 is 0. The molecule has 6 atom stereocenters. The van der Waals surface area contributed by atoms with Gasteiger partial charge in [0.25, 0.3) is 0 Å². The highest BCUT2D eigenvalue weighted by molar-refractivity contribution is 5.79. The molecule has 814 valence electrons. The van der Waals surface area contributed by atoms with E-state index in [0.717, 1.165) is 53.6 Å². The molecule has 6 unspecified atom stereocenters. The Morgan fingerprint density at radius 3 is 0.792 bits per heavy atom. The fourth-order valence-corrected chi connectivity index (χ4v) is 32.4. The van der Waals surface area contributed by atoms with Crippen LogP contribution in [0.4, 0.5) is 34.1 Å². The molecule has 17 aliphatic rings. The van der Waals surface area contributed by atoms with Crippen molar-refractivity contribution >= 4 is 39.8 Å². The summed E-state index contributed by atoms with van der Waals surface area (Å²) in [7, 11) is 0. The predicted molar refractivity (Wildman–Crippen MR) is 645 cm³/mol. The minimum Gasteiger partial charge on any atom is -0.350 e. The summed E-state index contributed by atoms with van der Waals surface area (Å²) in [4.78, 5) is 27.9. The van der Waals surface area contributed by atoms with Crippen molar-refractivity contribution in [1.82, 2.24) is 19.6 Å². The maximum atomic E-state index is 9.79. The number of hydrogen-bond acceptors (Lipinski definition) is 10. The van der Waals surface area contributed by atoms with Gasteiger partial charge in [0.2, 0.25) is 0 Å². The van der Waals surface area contributed by atoms with E-state index in [-0.39, 0.29) is 43.3 Å². The molecule has 7 aromatic carbocycles. The first-order valence-corrected chi connectivity index (χ1v) is 60.3. The number of benzene rings is 7. The Balaban J connectivity index is 0.000000139. The van der Waals surface area contributed by atoms with Crippen molar-refractivity contribution in [2.24, 2.45) is 41.4 Å². The van der Waals surface area contributed by atoms with E-state index >= 15 is 0 Å². The Morgan fingerprint density at radius 1 is 0.201 bits per heavy atom. The van der Waals surface area contributed by atoms with Crippen molar-refractivity contribution in [3.8, 4) is 0 Å². The van der Waals surface area contributed by atoms with E-state index in [0.29, 0.717) is 36.6 Å². The van der Waals surface area contributed by atoms with E-state index in [9.17, 15) is 1.37 Å². The number of fused-ring (bicyclic) bond motifs is 3. The maximum absolute atomic E-state index is 9.79. The zero-order valence-corrected chi connectivity index (χ0v) is 91.9. The van der Waals surface area contributed by atoms with E-state index in [2.05, 4.69) is 308 Å². The zero-order valence-electron chi connectivity index (χ0n) is 92.9. The van der Waals surface area contributed by atoms with Crippen LogP contribution in [0, 0.1) is 76.0 Å². The normalized spacial score (nSPS) is 25.7. The molecule has 0 radical (unpaired) electrons. The number of rotatable bonds is 17. The highest BCUT2D eigenvalue weighted by Gasteiger charge is 2.54. The summed E-state index contributed by atoms with van der Waals surface area (Å²) in [6.45, 7) is 28.0. The van der Waals surface area contributed by atoms with Gasteiger partial charge in [-0.3, -0.25) is 0 Å². The average molecular weight is 2020 g/mol. The second kappa shape index (κ2) is 53.4. The van der Waals surface area contributed by atoms with E-state index < -0.39 is 5.89 Å². The third-order valence-corrected chi connectivity index (χ3v) is 39.4. The molecular weight excluding hydrogens is 1810 g/mol. The van der Waals surface area contributed by atoms with Crippen molar-refractivity contribution in [1.29, 1.82) is 0 Å². The lowest BCUT2D eigenvalue weighted by Gasteiger charge is -2.47. The van der Waals surface area contributed by atoms with Crippen molar-refractivity contribution in [3.05, 3.63) is 266 Å².